The summed E-state index contributed by atoms with van der Waals surface area (Å²) in [5.41, 5.74) is 1.21. The van der Waals surface area contributed by atoms with E-state index < -0.39 is 12.1 Å². The van der Waals surface area contributed by atoms with E-state index in [0.29, 0.717) is 36.7 Å². The van der Waals surface area contributed by atoms with Crippen LogP contribution in [0.15, 0.2) is 0 Å². The van der Waals surface area contributed by atoms with Gasteiger partial charge in [0.1, 0.15) is 5.00 Å². The van der Waals surface area contributed by atoms with E-state index in [9.17, 15) is 14.4 Å². The summed E-state index contributed by atoms with van der Waals surface area (Å²) in [5.74, 6) is -0.985. The van der Waals surface area contributed by atoms with Crippen molar-refractivity contribution < 1.29 is 23.9 Å². The number of rotatable bonds is 4. The Morgan fingerprint density at radius 3 is 2.68 bits per heavy atom. The number of thiophene rings is 1. The molecule has 138 valence electrons. The second kappa shape index (κ2) is 8.33. The summed E-state index contributed by atoms with van der Waals surface area (Å²) in [7, 11) is 1.32. The van der Waals surface area contributed by atoms with Crippen LogP contribution >= 0.6 is 11.3 Å². The number of ether oxygens (including phenoxy) is 2. The van der Waals surface area contributed by atoms with E-state index in [0.717, 1.165) is 16.9 Å². The van der Waals surface area contributed by atoms with Crippen molar-refractivity contribution in [2.45, 2.75) is 33.6 Å². The average molecular weight is 368 g/mol. The van der Waals surface area contributed by atoms with Crippen molar-refractivity contribution in [1.29, 1.82) is 0 Å². The SMILES string of the molecule is CCOC(=O)N1CCCC(C(=O)Nc2sc(C)c(C)c2C(=O)OC)C1. The predicted molar refractivity (Wildman–Crippen MR) is 95.1 cm³/mol. The van der Waals surface area contributed by atoms with Crippen molar-refractivity contribution in [1.82, 2.24) is 4.90 Å². The number of anilines is 1. The van der Waals surface area contributed by atoms with Gasteiger partial charge in [0.2, 0.25) is 5.91 Å². The minimum absolute atomic E-state index is 0.194. The molecular weight excluding hydrogens is 344 g/mol. The molecule has 0 saturated carbocycles. The average Bonchev–Trinajstić information content (AvgIpc) is 2.88. The van der Waals surface area contributed by atoms with E-state index >= 15 is 0 Å². The molecule has 2 rings (SSSR count). The van der Waals surface area contributed by atoms with Crippen LogP contribution in [-0.4, -0.2) is 49.7 Å². The number of hydrogen-bond acceptors (Lipinski definition) is 6. The van der Waals surface area contributed by atoms with Crippen LogP contribution in [0.5, 0.6) is 0 Å². The van der Waals surface area contributed by atoms with Gasteiger partial charge in [0.25, 0.3) is 0 Å². The van der Waals surface area contributed by atoms with Crippen LogP contribution < -0.4 is 5.32 Å². The van der Waals surface area contributed by atoms with E-state index in [1.54, 1.807) is 11.8 Å². The molecule has 25 heavy (non-hydrogen) atoms. The second-order valence-corrected chi connectivity index (χ2v) is 7.18. The Kier molecular flexibility index (Phi) is 6.41. The van der Waals surface area contributed by atoms with Gasteiger partial charge in [-0.2, -0.15) is 0 Å². The number of carbonyl (C=O) groups is 3. The van der Waals surface area contributed by atoms with Gasteiger partial charge >= 0.3 is 12.1 Å². The maximum atomic E-state index is 12.6. The molecule has 1 N–H and O–H groups in total. The standard InChI is InChI=1S/C17H24N2O5S/c1-5-24-17(22)19-8-6-7-12(9-19)14(20)18-15-13(16(21)23-4)10(2)11(3)25-15/h12H,5-9H2,1-4H3,(H,18,20). The molecular formula is C17H24N2O5S. The largest absolute Gasteiger partial charge is 0.465 e. The van der Waals surface area contributed by atoms with Crippen molar-refractivity contribution in [2.75, 3.05) is 32.1 Å². The van der Waals surface area contributed by atoms with Crippen molar-refractivity contribution in [3.63, 3.8) is 0 Å². The highest BCUT2D eigenvalue weighted by Gasteiger charge is 2.30. The van der Waals surface area contributed by atoms with Gasteiger partial charge in [-0.3, -0.25) is 4.79 Å². The van der Waals surface area contributed by atoms with E-state index in [-0.39, 0.29) is 11.8 Å². The number of nitrogens with one attached hydrogen (secondary N) is 1. The Morgan fingerprint density at radius 1 is 1.32 bits per heavy atom. The molecule has 0 radical (unpaired) electrons. The normalized spacial score (nSPS) is 17.1. The fraction of sp³-hybridized carbons (Fsp3) is 0.588. The summed E-state index contributed by atoms with van der Waals surface area (Å²) >= 11 is 1.35. The van der Waals surface area contributed by atoms with Crippen molar-refractivity contribution in [3.8, 4) is 0 Å². The number of carbonyl (C=O) groups excluding carboxylic acids is 3. The van der Waals surface area contributed by atoms with Crippen LogP contribution in [0.3, 0.4) is 0 Å². The molecule has 1 fully saturated rings. The van der Waals surface area contributed by atoms with E-state index in [4.69, 9.17) is 9.47 Å². The third-order valence-corrected chi connectivity index (χ3v) is 5.45. The summed E-state index contributed by atoms with van der Waals surface area (Å²) < 4.78 is 9.83. The summed E-state index contributed by atoms with van der Waals surface area (Å²) in [4.78, 5) is 39.0. The molecule has 0 bridgehead atoms. The molecule has 1 atom stereocenters. The monoisotopic (exact) mass is 368 g/mol. The second-order valence-electron chi connectivity index (χ2n) is 5.95. The number of aryl methyl sites for hydroxylation is 1. The number of likely N-dealkylation sites (tertiary alicyclic amines) is 1. The van der Waals surface area contributed by atoms with E-state index in [2.05, 4.69) is 5.32 Å². The Morgan fingerprint density at radius 2 is 2.04 bits per heavy atom. The fourth-order valence-electron chi connectivity index (χ4n) is 2.85. The van der Waals surface area contributed by atoms with Crippen LogP contribution in [0.2, 0.25) is 0 Å². The van der Waals surface area contributed by atoms with Crippen molar-refractivity contribution in [3.05, 3.63) is 16.0 Å². The summed E-state index contributed by atoms with van der Waals surface area (Å²) in [5, 5.41) is 3.35. The molecule has 7 nitrogen and oxygen atoms in total. The maximum absolute atomic E-state index is 12.6. The lowest BCUT2D eigenvalue weighted by molar-refractivity contribution is -0.121. The van der Waals surface area contributed by atoms with Gasteiger partial charge in [0.15, 0.2) is 0 Å². The van der Waals surface area contributed by atoms with E-state index in [1.165, 1.54) is 18.4 Å². The summed E-state index contributed by atoms with van der Waals surface area (Å²) in [6, 6.07) is 0. The van der Waals surface area contributed by atoms with Crippen molar-refractivity contribution in [2.24, 2.45) is 5.92 Å². The highest BCUT2D eigenvalue weighted by atomic mass is 32.1. The quantitative estimate of drug-likeness (QED) is 0.826. The van der Waals surface area contributed by atoms with Crippen LogP contribution in [0, 0.1) is 19.8 Å². The first-order valence-electron chi connectivity index (χ1n) is 8.29. The van der Waals surface area contributed by atoms with Gasteiger partial charge in [-0.1, -0.05) is 0 Å². The lowest BCUT2D eigenvalue weighted by Crippen LogP contribution is -2.44. The number of hydrogen-bond donors (Lipinski definition) is 1. The third-order valence-electron chi connectivity index (χ3n) is 4.33. The molecule has 2 amide bonds. The molecule has 2 heterocycles. The van der Waals surface area contributed by atoms with Crippen molar-refractivity contribution >= 4 is 34.3 Å². The van der Waals surface area contributed by atoms with Crippen LogP contribution in [0.25, 0.3) is 0 Å². The highest BCUT2D eigenvalue weighted by Crippen LogP contribution is 2.33. The molecule has 1 unspecified atom stereocenters. The third kappa shape index (κ3) is 4.31. The molecule has 1 aliphatic rings. The van der Waals surface area contributed by atoms with Gasteiger partial charge in [0, 0.05) is 18.0 Å². The Balaban J connectivity index is 2.11. The van der Waals surface area contributed by atoms with Crippen LogP contribution in [-0.2, 0) is 14.3 Å². The smallest absolute Gasteiger partial charge is 0.409 e. The number of methoxy groups -OCH3 is 1. The fourth-order valence-corrected chi connectivity index (χ4v) is 3.90. The summed E-state index contributed by atoms with van der Waals surface area (Å²) in [6.45, 7) is 6.70. The minimum atomic E-state index is -0.464. The number of piperidine rings is 1. The lowest BCUT2D eigenvalue weighted by atomic mass is 9.97. The first-order chi connectivity index (χ1) is 11.9. The zero-order chi connectivity index (χ0) is 18.6. The van der Waals surface area contributed by atoms with Gasteiger partial charge in [-0.25, -0.2) is 9.59 Å². The molecule has 0 aromatic carbocycles. The molecule has 0 aliphatic carbocycles. The molecule has 1 aliphatic heterocycles. The highest BCUT2D eigenvalue weighted by molar-refractivity contribution is 7.16. The molecule has 0 spiro atoms. The molecule has 8 heteroatoms. The zero-order valence-corrected chi connectivity index (χ0v) is 15.8. The van der Waals surface area contributed by atoms with Gasteiger partial charge in [0.05, 0.1) is 25.2 Å². The molecule has 1 aromatic heterocycles. The number of esters is 1. The van der Waals surface area contributed by atoms with Gasteiger partial charge < -0.3 is 19.7 Å². The lowest BCUT2D eigenvalue weighted by Gasteiger charge is -2.31. The van der Waals surface area contributed by atoms with Crippen LogP contribution in [0.1, 0.15) is 40.6 Å². The first-order valence-corrected chi connectivity index (χ1v) is 9.11. The summed E-state index contributed by atoms with van der Waals surface area (Å²) in [6.07, 6.45) is 1.04. The molecule has 1 saturated heterocycles. The minimum Gasteiger partial charge on any atom is -0.465 e. The maximum Gasteiger partial charge on any atom is 0.409 e. The van der Waals surface area contributed by atoms with Gasteiger partial charge in [-0.05, 0) is 39.2 Å². The Labute approximate surface area is 151 Å². The molecule has 1 aromatic rings. The van der Waals surface area contributed by atoms with E-state index in [1.807, 2.05) is 13.8 Å². The predicted octanol–water partition coefficient (Wildman–Crippen LogP) is 2.96. The Hall–Kier alpha value is -2.09. The van der Waals surface area contributed by atoms with Crippen LogP contribution in [0.4, 0.5) is 9.80 Å². The first kappa shape index (κ1) is 19.2. The number of nitrogens with zero attached hydrogens (tertiary/aromatic N) is 1. The topological polar surface area (TPSA) is 84.9 Å². The zero-order valence-electron chi connectivity index (χ0n) is 15.0. The Bertz CT molecular complexity index is 670. The van der Waals surface area contributed by atoms with Gasteiger partial charge in [-0.15, -0.1) is 11.3 Å². The number of amides is 2.